The third-order valence-corrected chi connectivity index (χ3v) is 7.65. The van der Waals surface area contributed by atoms with E-state index in [1.165, 1.54) is 23.9 Å². The second-order valence-electron chi connectivity index (χ2n) is 8.83. The van der Waals surface area contributed by atoms with Gasteiger partial charge in [-0.1, -0.05) is 47.6 Å². The van der Waals surface area contributed by atoms with Crippen molar-refractivity contribution < 1.29 is 23.5 Å². The van der Waals surface area contributed by atoms with Crippen LogP contribution in [0.5, 0.6) is 11.5 Å². The Balaban J connectivity index is 1.19. The normalized spacial score (nSPS) is 19.9. The van der Waals surface area contributed by atoms with Gasteiger partial charge in [0.2, 0.25) is 12.7 Å². The molecule has 11 heteroatoms. The van der Waals surface area contributed by atoms with Crippen LogP contribution >= 0.6 is 23.4 Å². The van der Waals surface area contributed by atoms with Crippen molar-refractivity contribution in [3.05, 3.63) is 88.7 Å². The van der Waals surface area contributed by atoms with E-state index in [0.29, 0.717) is 33.8 Å². The zero-order chi connectivity index (χ0) is 26.2. The van der Waals surface area contributed by atoms with Crippen molar-refractivity contribution in [3.8, 4) is 11.5 Å². The number of amidine groups is 1. The molecule has 2 atom stereocenters. The zero-order valence-corrected chi connectivity index (χ0v) is 21.3. The molecule has 0 fully saturated rings. The average Bonchev–Trinajstić information content (AvgIpc) is 3.63. The third-order valence-electron chi connectivity index (χ3n) is 6.27. The Morgan fingerprint density at radius 1 is 1.11 bits per heavy atom. The van der Waals surface area contributed by atoms with E-state index < -0.39 is 11.2 Å². The van der Waals surface area contributed by atoms with E-state index in [1.54, 1.807) is 41.4 Å². The van der Waals surface area contributed by atoms with E-state index >= 15 is 0 Å². The van der Waals surface area contributed by atoms with E-state index in [9.17, 15) is 14.0 Å². The monoisotopic (exact) mass is 550 g/mol. The fraction of sp³-hybridized carbons (Fsp3) is 0.185. The smallest absolute Gasteiger partial charge is 0.262 e. The lowest BCUT2D eigenvalue weighted by atomic mass is 9.98. The molecule has 192 valence electrons. The summed E-state index contributed by atoms with van der Waals surface area (Å²) in [6, 6.07) is 18.4. The first-order chi connectivity index (χ1) is 18.4. The quantitative estimate of drug-likeness (QED) is 0.458. The molecule has 0 radical (unpaired) electrons. The lowest BCUT2D eigenvalue weighted by Gasteiger charge is -2.23. The molecule has 0 spiro atoms. The minimum Gasteiger partial charge on any atom is -0.454 e. The summed E-state index contributed by atoms with van der Waals surface area (Å²) in [7, 11) is 0. The van der Waals surface area contributed by atoms with Gasteiger partial charge in [0, 0.05) is 29.6 Å². The fourth-order valence-electron chi connectivity index (χ4n) is 4.44. The molecule has 3 aromatic rings. The van der Waals surface area contributed by atoms with Crippen LogP contribution in [0.1, 0.15) is 30.0 Å². The number of fused-ring (bicyclic) bond motifs is 1. The van der Waals surface area contributed by atoms with Crippen molar-refractivity contribution in [3.63, 3.8) is 0 Å². The number of hydrazone groups is 1. The van der Waals surface area contributed by atoms with E-state index in [0.717, 1.165) is 16.8 Å². The number of anilines is 1. The number of carbonyl (C=O) groups excluding carboxylic acids is 2. The van der Waals surface area contributed by atoms with Gasteiger partial charge >= 0.3 is 0 Å². The Labute approximate surface area is 226 Å². The van der Waals surface area contributed by atoms with Gasteiger partial charge in [-0.25, -0.2) is 9.40 Å². The lowest BCUT2D eigenvalue weighted by molar-refractivity contribution is -0.121. The number of hydrogen-bond donors (Lipinski definition) is 1. The van der Waals surface area contributed by atoms with Crippen LogP contribution in [0.3, 0.4) is 0 Å². The first-order valence-electron chi connectivity index (χ1n) is 11.8. The summed E-state index contributed by atoms with van der Waals surface area (Å²) in [5.74, 6) is 0.105. The van der Waals surface area contributed by atoms with Crippen molar-refractivity contribution in [2.24, 2.45) is 10.1 Å². The van der Waals surface area contributed by atoms with E-state index in [2.05, 4.69) is 10.3 Å². The molecule has 0 aliphatic carbocycles. The van der Waals surface area contributed by atoms with Crippen molar-refractivity contribution >= 4 is 51.7 Å². The number of amides is 2. The number of aliphatic imine (C=N–C) groups is 1. The van der Waals surface area contributed by atoms with E-state index in [1.807, 2.05) is 18.2 Å². The van der Waals surface area contributed by atoms with Gasteiger partial charge in [0.1, 0.15) is 11.1 Å². The van der Waals surface area contributed by atoms with Crippen LogP contribution in [0.2, 0.25) is 5.02 Å². The highest BCUT2D eigenvalue weighted by Crippen LogP contribution is 2.39. The minimum absolute atomic E-state index is 0.0604. The molecule has 3 heterocycles. The summed E-state index contributed by atoms with van der Waals surface area (Å²) < 4.78 is 24.1. The average molecular weight is 551 g/mol. The molecule has 0 aromatic heterocycles. The number of nitrogens with one attached hydrogen (secondary N) is 1. The van der Waals surface area contributed by atoms with Crippen LogP contribution in [0.15, 0.2) is 76.8 Å². The summed E-state index contributed by atoms with van der Waals surface area (Å²) in [6.45, 7) is 0.137. The summed E-state index contributed by atoms with van der Waals surface area (Å²) in [6.07, 6.45) is 0.449. The van der Waals surface area contributed by atoms with Gasteiger partial charge in [0.15, 0.2) is 16.7 Å². The first-order valence-corrected chi connectivity index (χ1v) is 13.1. The van der Waals surface area contributed by atoms with Gasteiger partial charge in [-0.05, 0) is 47.5 Å². The number of thioether (sulfide) groups is 1. The maximum atomic E-state index is 13.5. The molecule has 0 bridgehead atoms. The van der Waals surface area contributed by atoms with Crippen molar-refractivity contribution in [1.82, 2.24) is 5.01 Å². The Hall–Kier alpha value is -3.89. The van der Waals surface area contributed by atoms with Gasteiger partial charge in [0.25, 0.3) is 5.91 Å². The molecule has 0 unspecified atom stereocenters. The largest absolute Gasteiger partial charge is 0.454 e. The van der Waals surface area contributed by atoms with Crippen molar-refractivity contribution in [2.45, 2.75) is 24.1 Å². The fourth-order valence-corrected chi connectivity index (χ4v) is 5.70. The van der Waals surface area contributed by atoms with Gasteiger partial charge in [-0.15, -0.1) is 0 Å². The highest BCUT2D eigenvalue weighted by atomic mass is 35.5. The predicted octanol–water partition coefficient (Wildman–Crippen LogP) is 5.39. The molecule has 38 heavy (non-hydrogen) atoms. The number of halogens is 2. The van der Waals surface area contributed by atoms with Crippen LogP contribution in [0, 0.1) is 5.82 Å². The van der Waals surface area contributed by atoms with Crippen LogP contribution in [-0.4, -0.2) is 39.7 Å². The standard InChI is InChI=1S/C27H20ClFN4O4S/c28-17-3-1-2-16(10-17)21-12-20(15-4-6-18(29)7-5-15)32-33(21)27-31-26(35)24(38-27)13-25(34)30-19-8-9-22-23(11-19)37-14-36-22/h1-11,21,24H,12-14H2,(H,30,34)/t21-,24-/m1/s1. The summed E-state index contributed by atoms with van der Waals surface area (Å²) >= 11 is 7.45. The molecule has 3 aliphatic rings. The Kier molecular flexibility index (Phi) is 6.50. The van der Waals surface area contributed by atoms with Crippen LogP contribution in [0.25, 0.3) is 0 Å². The Morgan fingerprint density at radius 3 is 2.74 bits per heavy atom. The molecule has 3 aliphatic heterocycles. The zero-order valence-electron chi connectivity index (χ0n) is 19.8. The highest BCUT2D eigenvalue weighted by Gasteiger charge is 2.39. The van der Waals surface area contributed by atoms with Crippen molar-refractivity contribution in [1.29, 1.82) is 0 Å². The number of benzene rings is 3. The Bertz CT molecular complexity index is 1500. The first kappa shape index (κ1) is 24.4. The van der Waals surface area contributed by atoms with Gasteiger partial charge < -0.3 is 14.8 Å². The number of hydrogen-bond acceptors (Lipinski definition) is 7. The van der Waals surface area contributed by atoms with Gasteiger partial charge in [0.05, 0.1) is 11.8 Å². The highest BCUT2D eigenvalue weighted by molar-refractivity contribution is 8.15. The molecule has 8 nitrogen and oxygen atoms in total. The maximum Gasteiger partial charge on any atom is 0.262 e. The third kappa shape index (κ3) is 4.97. The van der Waals surface area contributed by atoms with Gasteiger partial charge in [-0.3, -0.25) is 9.59 Å². The second-order valence-corrected chi connectivity index (χ2v) is 10.4. The Morgan fingerprint density at radius 2 is 1.92 bits per heavy atom. The topological polar surface area (TPSA) is 92.6 Å². The minimum atomic E-state index is -0.691. The number of rotatable bonds is 5. The SMILES string of the molecule is O=C(C[C@H]1SC(N2N=C(c3ccc(F)cc3)C[C@@H]2c2cccc(Cl)c2)=NC1=O)Nc1ccc2c(c1)OCO2. The molecular formula is C27H20ClFN4O4S. The summed E-state index contributed by atoms with van der Waals surface area (Å²) in [5.41, 5.74) is 2.95. The predicted molar refractivity (Wildman–Crippen MR) is 143 cm³/mol. The summed E-state index contributed by atoms with van der Waals surface area (Å²) in [5, 5.41) is 9.54. The molecule has 0 saturated heterocycles. The molecule has 1 N–H and O–H groups in total. The number of carbonyl (C=O) groups is 2. The maximum absolute atomic E-state index is 13.5. The molecule has 6 rings (SSSR count). The summed E-state index contributed by atoms with van der Waals surface area (Å²) in [4.78, 5) is 29.8. The number of ether oxygens (including phenoxy) is 2. The molecule has 0 saturated carbocycles. The van der Waals surface area contributed by atoms with Gasteiger partial charge in [-0.2, -0.15) is 10.1 Å². The molecule has 3 aromatic carbocycles. The molecule has 2 amide bonds. The van der Waals surface area contributed by atoms with E-state index in [4.69, 9.17) is 26.2 Å². The molecular weight excluding hydrogens is 531 g/mol. The van der Waals surface area contributed by atoms with Crippen molar-refractivity contribution in [2.75, 3.05) is 12.1 Å². The number of nitrogens with zero attached hydrogens (tertiary/aromatic N) is 3. The van der Waals surface area contributed by atoms with Crippen LogP contribution in [0.4, 0.5) is 10.1 Å². The van der Waals surface area contributed by atoms with E-state index in [-0.39, 0.29) is 31.0 Å². The second kappa shape index (κ2) is 10.1. The lowest BCUT2D eigenvalue weighted by Crippen LogP contribution is -2.25. The van der Waals surface area contributed by atoms with Crippen LogP contribution in [-0.2, 0) is 9.59 Å². The van der Waals surface area contributed by atoms with Crippen LogP contribution < -0.4 is 14.8 Å².